The fourth-order valence-corrected chi connectivity index (χ4v) is 2.41. The Morgan fingerprint density at radius 2 is 2.08 bits per heavy atom. The standard InChI is InChI=1S/C18H26F2N4O.HI/c1-3-21-18(22-10-4-5-17(25)24-14-7-8-14)23-12(2)15-9-6-13(19)11-16(15)20;/h6,9,11-12,14H,3-5,7-8,10H2,1-2H3,(H,24,25)(H2,21,22,23);1H. The van der Waals surface area contributed by atoms with Gasteiger partial charge in [0, 0.05) is 37.2 Å². The lowest BCUT2D eigenvalue weighted by Crippen LogP contribution is -2.39. The third-order valence-corrected chi connectivity index (χ3v) is 3.90. The van der Waals surface area contributed by atoms with Gasteiger partial charge in [-0.05, 0) is 39.2 Å². The molecule has 1 aromatic carbocycles. The summed E-state index contributed by atoms with van der Waals surface area (Å²) < 4.78 is 26.9. The Hall–Kier alpha value is -1.45. The predicted octanol–water partition coefficient (Wildman–Crippen LogP) is 3.26. The molecule has 1 aliphatic carbocycles. The Morgan fingerprint density at radius 1 is 1.35 bits per heavy atom. The van der Waals surface area contributed by atoms with E-state index in [-0.39, 0.29) is 35.9 Å². The highest BCUT2D eigenvalue weighted by Gasteiger charge is 2.22. The maximum atomic E-state index is 13.9. The lowest BCUT2D eigenvalue weighted by atomic mass is 10.1. The highest BCUT2D eigenvalue weighted by molar-refractivity contribution is 14.0. The number of nitrogens with zero attached hydrogens (tertiary/aromatic N) is 1. The molecule has 0 bridgehead atoms. The van der Waals surface area contributed by atoms with Gasteiger partial charge in [0.25, 0.3) is 0 Å². The monoisotopic (exact) mass is 480 g/mol. The summed E-state index contributed by atoms with van der Waals surface area (Å²) in [5.74, 6) is -0.579. The number of carbonyl (C=O) groups is 1. The summed E-state index contributed by atoms with van der Waals surface area (Å²) in [7, 11) is 0. The number of rotatable bonds is 8. The molecule has 2 rings (SSSR count). The number of halogens is 3. The van der Waals surface area contributed by atoms with E-state index in [1.807, 2.05) is 6.92 Å². The maximum Gasteiger partial charge on any atom is 0.220 e. The van der Waals surface area contributed by atoms with Crippen molar-refractivity contribution in [2.45, 2.75) is 51.6 Å². The number of nitrogens with one attached hydrogen (secondary N) is 3. The van der Waals surface area contributed by atoms with Gasteiger partial charge in [-0.3, -0.25) is 9.79 Å². The molecule has 1 fully saturated rings. The molecule has 0 saturated heterocycles. The van der Waals surface area contributed by atoms with Crippen LogP contribution in [0.4, 0.5) is 8.78 Å². The van der Waals surface area contributed by atoms with Crippen LogP contribution in [-0.4, -0.2) is 31.0 Å². The first kappa shape index (κ1) is 22.6. The summed E-state index contributed by atoms with van der Waals surface area (Å²) in [5.41, 5.74) is 0.371. The number of benzene rings is 1. The van der Waals surface area contributed by atoms with Crippen molar-refractivity contribution in [1.82, 2.24) is 16.0 Å². The Labute approximate surface area is 170 Å². The molecule has 0 aliphatic heterocycles. The highest BCUT2D eigenvalue weighted by Crippen LogP contribution is 2.19. The van der Waals surface area contributed by atoms with Gasteiger partial charge in [-0.2, -0.15) is 0 Å². The summed E-state index contributed by atoms with van der Waals surface area (Å²) in [6, 6.07) is 3.54. The van der Waals surface area contributed by atoms with Crippen LogP contribution in [0.15, 0.2) is 23.2 Å². The van der Waals surface area contributed by atoms with Gasteiger partial charge in [0.1, 0.15) is 11.6 Å². The van der Waals surface area contributed by atoms with Crippen LogP contribution in [0.1, 0.15) is 51.1 Å². The second-order valence-electron chi connectivity index (χ2n) is 6.24. The molecule has 1 aromatic rings. The molecule has 1 atom stereocenters. The third-order valence-electron chi connectivity index (χ3n) is 3.90. The topological polar surface area (TPSA) is 65.5 Å². The van der Waals surface area contributed by atoms with E-state index in [2.05, 4.69) is 20.9 Å². The van der Waals surface area contributed by atoms with Crippen LogP contribution in [0.25, 0.3) is 0 Å². The van der Waals surface area contributed by atoms with Gasteiger partial charge < -0.3 is 16.0 Å². The molecule has 26 heavy (non-hydrogen) atoms. The van der Waals surface area contributed by atoms with Crippen molar-refractivity contribution in [2.75, 3.05) is 13.1 Å². The Balaban J connectivity index is 0.00000338. The van der Waals surface area contributed by atoms with Crippen molar-refractivity contribution in [3.63, 3.8) is 0 Å². The molecule has 146 valence electrons. The third kappa shape index (κ3) is 7.84. The minimum atomic E-state index is -0.599. The van der Waals surface area contributed by atoms with E-state index in [1.165, 1.54) is 12.1 Å². The van der Waals surface area contributed by atoms with E-state index in [0.29, 0.717) is 43.5 Å². The largest absolute Gasteiger partial charge is 0.357 e. The molecule has 5 nitrogen and oxygen atoms in total. The average Bonchev–Trinajstić information content (AvgIpc) is 3.35. The minimum Gasteiger partial charge on any atom is -0.357 e. The maximum absolute atomic E-state index is 13.9. The summed E-state index contributed by atoms with van der Waals surface area (Å²) in [6.45, 7) is 4.87. The number of amides is 1. The SMILES string of the molecule is CCNC(=NCCCC(=O)NC1CC1)NC(C)c1ccc(F)cc1F.I. The first-order valence-corrected chi connectivity index (χ1v) is 8.78. The number of aliphatic imine (C=N–C) groups is 1. The number of hydrogen-bond acceptors (Lipinski definition) is 2. The molecule has 1 saturated carbocycles. The van der Waals surface area contributed by atoms with Gasteiger partial charge in [-0.25, -0.2) is 8.78 Å². The molecule has 8 heteroatoms. The molecule has 1 aliphatic rings. The quantitative estimate of drug-likeness (QED) is 0.232. The van der Waals surface area contributed by atoms with E-state index in [1.54, 1.807) is 6.92 Å². The predicted molar refractivity (Wildman–Crippen MR) is 110 cm³/mol. The first-order valence-electron chi connectivity index (χ1n) is 8.78. The van der Waals surface area contributed by atoms with Gasteiger partial charge in [0.2, 0.25) is 5.91 Å². The Bertz CT molecular complexity index is 623. The van der Waals surface area contributed by atoms with Gasteiger partial charge in [-0.1, -0.05) is 6.07 Å². The van der Waals surface area contributed by atoms with Gasteiger partial charge >= 0.3 is 0 Å². The lowest BCUT2D eigenvalue weighted by Gasteiger charge is -2.18. The fourth-order valence-electron chi connectivity index (χ4n) is 2.41. The van der Waals surface area contributed by atoms with E-state index in [0.717, 1.165) is 18.9 Å². The van der Waals surface area contributed by atoms with Crippen LogP contribution < -0.4 is 16.0 Å². The van der Waals surface area contributed by atoms with Gasteiger partial charge in [0.15, 0.2) is 5.96 Å². The fraction of sp³-hybridized carbons (Fsp3) is 0.556. The van der Waals surface area contributed by atoms with Crippen molar-refractivity contribution >= 4 is 35.8 Å². The lowest BCUT2D eigenvalue weighted by molar-refractivity contribution is -0.121. The van der Waals surface area contributed by atoms with Crippen molar-refractivity contribution in [3.05, 3.63) is 35.4 Å². The smallest absolute Gasteiger partial charge is 0.220 e. The average molecular weight is 480 g/mol. The van der Waals surface area contributed by atoms with E-state index in [4.69, 9.17) is 0 Å². The number of carbonyl (C=O) groups excluding carboxylic acids is 1. The summed E-state index contributed by atoms with van der Waals surface area (Å²) in [6.07, 6.45) is 3.25. The van der Waals surface area contributed by atoms with Crippen molar-refractivity contribution in [3.8, 4) is 0 Å². The number of hydrogen-bond donors (Lipinski definition) is 3. The molecular weight excluding hydrogens is 453 g/mol. The first-order chi connectivity index (χ1) is 12.0. The van der Waals surface area contributed by atoms with Crippen molar-refractivity contribution in [2.24, 2.45) is 4.99 Å². The molecule has 3 N–H and O–H groups in total. The normalized spacial score (nSPS) is 15.0. The van der Waals surface area contributed by atoms with Crippen LogP contribution >= 0.6 is 24.0 Å². The Kier molecular flexibility index (Phi) is 9.82. The highest BCUT2D eigenvalue weighted by atomic mass is 127. The summed E-state index contributed by atoms with van der Waals surface area (Å²) >= 11 is 0. The molecular formula is C18H27F2IN4O. The van der Waals surface area contributed by atoms with Crippen LogP contribution in [0.2, 0.25) is 0 Å². The van der Waals surface area contributed by atoms with E-state index in [9.17, 15) is 13.6 Å². The van der Waals surface area contributed by atoms with Gasteiger partial charge in [-0.15, -0.1) is 24.0 Å². The zero-order chi connectivity index (χ0) is 18.2. The second-order valence-corrected chi connectivity index (χ2v) is 6.24. The van der Waals surface area contributed by atoms with Crippen molar-refractivity contribution in [1.29, 1.82) is 0 Å². The number of guanidine groups is 1. The Morgan fingerprint density at radius 3 is 2.69 bits per heavy atom. The summed E-state index contributed by atoms with van der Waals surface area (Å²) in [4.78, 5) is 16.0. The van der Waals surface area contributed by atoms with Crippen LogP contribution in [0.3, 0.4) is 0 Å². The van der Waals surface area contributed by atoms with Crippen LogP contribution in [-0.2, 0) is 4.79 Å². The van der Waals surface area contributed by atoms with Gasteiger partial charge in [0.05, 0.1) is 6.04 Å². The van der Waals surface area contributed by atoms with Crippen LogP contribution in [0.5, 0.6) is 0 Å². The zero-order valence-corrected chi connectivity index (χ0v) is 17.5. The molecule has 1 amide bonds. The van der Waals surface area contributed by atoms with E-state index < -0.39 is 11.6 Å². The molecule has 0 spiro atoms. The minimum absolute atomic E-state index is 0. The molecule has 0 heterocycles. The van der Waals surface area contributed by atoms with Crippen molar-refractivity contribution < 1.29 is 13.6 Å². The second kappa shape index (κ2) is 11.3. The molecule has 0 radical (unpaired) electrons. The zero-order valence-electron chi connectivity index (χ0n) is 15.1. The summed E-state index contributed by atoms with van der Waals surface area (Å²) in [5, 5.41) is 9.13. The molecule has 0 aromatic heterocycles. The van der Waals surface area contributed by atoms with E-state index >= 15 is 0 Å². The molecule has 1 unspecified atom stereocenters. The van der Waals surface area contributed by atoms with Crippen LogP contribution in [0, 0.1) is 11.6 Å².